The van der Waals surface area contributed by atoms with Gasteiger partial charge in [0.1, 0.15) is 5.60 Å². The van der Waals surface area contributed by atoms with Gasteiger partial charge in [-0.3, -0.25) is 4.79 Å². The highest BCUT2D eigenvalue weighted by atomic mass is 16.6. The molecule has 3 nitrogen and oxygen atoms in total. The summed E-state index contributed by atoms with van der Waals surface area (Å²) < 4.78 is 5.29. The van der Waals surface area contributed by atoms with Crippen molar-refractivity contribution in [3.05, 3.63) is 0 Å². The first-order valence-corrected chi connectivity index (χ1v) is 6.73. The van der Waals surface area contributed by atoms with Crippen molar-refractivity contribution >= 4 is 5.97 Å². The number of carbonyl (C=O) groups is 1. The van der Waals surface area contributed by atoms with Crippen LogP contribution in [0.2, 0.25) is 0 Å². The molecule has 1 aliphatic carbocycles. The summed E-state index contributed by atoms with van der Waals surface area (Å²) in [6.07, 6.45) is 5.98. The zero-order valence-corrected chi connectivity index (χ0v) is 11.4. The molecule has 0 aromatic heterocycles. The first kappa shape index (κ1) is 14.5. The van der Waals surface area contributed by atoms with E-state index in [1.165, 1.54) is 0 Å². The fourth-order valence-electron chi connectivity index (χ4n) is 2.42. The Morgan fingerprint density at radius 2 is 1.71 bits per heavy atom. The number of carbonyl (C=O) groups excluding carboxylic acids is 1. The van der Waals surface area contributed by atoms with Gasteiger partial charge in [-0.1, -0.05) is 12.8 Å². The maximum Gasteiger partial charge on any atom is 0.306 e. The van der Waals surface area contributed by atoms with Crippen LogP contribution in [0.15, 0.2) is 0 Å². The van der Waals surface area contributed by atoms with Crippen molar-refractivity contribution in [2.75, 3.05) is 6.61 Å². The van der Waals surface area contributed by atoms with Crippen LogP contribution in [0.5, 0.6) is 0 Å². The zero-order valence-electron chi connectivity index (χ0n) is 11.4. The molecule has 0 aromatic carbocycles. The summed E-state index contributed by atoms with van der Waals surface area (Å²) in [6, 6.07) is 0. The lowest BCUT2D eigenvalue weighted by molar-refractivity contribution is -0.155. The fourth-order valence-corrected chi connectivity index (χ4v) is 2.42. The molecule has 0 bridgehead atoms. The minimum atomic E-state index is -0.369. The van der Waals surface area contributed by atoms with Gasteiger partial charge in [0.15, 0.2) is 0 Å². The van der Waals surface area contributed by atoms with Crippen molar-refractivity contribution in [1.29, 1.82) is 0 Å². The average Bonchev–Trinajstić information content (AvgIpc) is 2.25. The van der Waals surface area contributed by atoms with Crippen LogP contribution in [0.25, 0.3) is 0 Å². The van der Waals surface area contributed by atoms with Crippen LogP contribution in [0, 0.1) is 11.8 Å². The first-order chi connectivity index (χ1) is 7.90. The van der Waals surface area contributed by atoms with E-state index in [4.69, 9.17) is 9.84 Å². The summed E-state index contributed by atoms with van der Waals surface area (Å²) >= 11 is 0. The van der Waals surface area contributed by atoms with E-state index in [1.54, 1.807) is 0 Å². The Labute approximate surface area is 105 Å². The highest BCUT2D eigenvalue weighted by Crippen LogP contribution is 2.31. The minimum absolute atomic E-state index is 0.0817. The Kier molecular flexibility index (Phi) is 5.44. The number of ether oxygens (including phenoxy) is 1. The lowest BCUT2D eigenvalue weighted by Crippen LogP contribution is -2.24. The van der Waals surface area contributed by atoms with Gasteiger partial charge in [-0.2, -0.15) is 0 Å². The molecule has 0 unspecified atom stereocenters. The molecule has 1 fully saturated rings. The van der Waals surface area contributed by atoms with E-state index in [0.29, 0.717) is 24.9 Å². The summed E-state index contributed by atoms with van der Waals surface area (Å²) in [5.74, 6) is 1.06. The molecule has 1 aliphatic rings. The van der Waals surface area contributed by atoms with Gasteiger partial charge in [0, 0.05) is 13.0 Å². The highest BCUT2D eigenvalue weighted by molar-refractivity contribution is 5.69. The topological polar surface area (TPSA) is 46.5 Å². The van der Waals surface area contributed by atoms with E-state index in [1.807, 2.05) is 20.8 Å². The second-order valence-corrected chi connectivity index (χ2v) is 6.19. The molecule has 0 spiro atoms. The minimum Gasteiger partial charge on any atom is -0.460 e. The summed E-state index contributed by atoms with van der Waals surface area (Å²) in [6.45, 7) is 6.02. The quantitative estimate of drug-likeness (QED) is 0.771. The molecule has 0 saturated heterocycles. The van der Waals surface area contributed by atoms with E-state index in [9.17, 15) is 4.79 Å². The molecule has 0 radical (unpaired) electrons. The third kappa shape index (κ3) is 6.06. The monoisotopic (exact) mass is 242 g/mol. The van der Waals surface area contributed by atoms with Gasteiger partial charge < -0.3 is 9.84 Å². The zero-order chi connectivity index (χ0) is 12.9. The number of hydrogen-bond donors (Lipinski definition) is 1. The molecule has 0 aliphatic heterocycles. The molecule has 0 aromatic rings. The van der Waals surface area contributed by atoms with Crippen molar-refractivity contribution in [3.63, 3.8) is 0 Å². The standard InChI is InChI=1S/C14H26O3/c1-14(2,3)17-13(16)9-8-11-4-6-12(10-15)7-5-11/h11-12,15H,4-10H2,1-3H3. The highest BCUT2D eigenvalue weighted by Gasteiger charge is 2.22. The molecule has 0 amide bonds. The van der Waals surface area contributed by atoms with Gasteiger partial charge in [0.05, 0.1) is 0 Å². The van der Waals surface area contributed by atoms with E-state index in [-0.39, 0.29) is 11.6 Å². The molecule has 1 rings (SSSR count). The number of esters is 1. The number of rotatable bonds is 4. The molecule has 1 N–H and O–H groups in total. The summed E-state index contributed by atoms with van der Waals surface area (Å²) in [5, 5.41) is 9.05. The number of aliphatic hydroxyl groups excluding tert-OH is 1. The van der Waals surface area contributed by atoms with Crippen LogP contribution in [0.3, 0.4) is 0 Å². The summed E-state index contributed by atoms with van der Waals surface area (Å²) in [7, 11) is 0. The predicted molar refractivity (Wildman–Crippen MR) is 67.6 cm³/mol. The van der Waals surface area contributed by atoms with Crippen molar-refractivity contribution in [3.8, 4) is 0 Å². The van der Waals surface area contributed by atoms with Gasteiger partial charge in [-0.25, -0.2) is 0 Å². The van der Waals surface area contributed by atoms with Gasteiger partial charge in [-0.05, 0) is 51.9 Å². The second-order valence-electron chi connectivity index (χ2n) is 6.19. The van der Waals surface area contributed by atoms with E-state index < -0.39 is 0 Å². The SMILES string of the molecule is CC(C)(C)OC(=O)CCC1CCC(CO)CC1. The maximum atomic E-state index is 11.6. The molecule has 0 heterocycles. The lowest BCUT2D eigenvalue weighted by Gasteiger charge is -2.27. The molecule has 1 saturated carbocycles. The van der Waals surface area contributed by atoms with Crippen molar-refractivity contribution < 1.29 is 14.6 Å². The Morgan fingerprint density at radius 3 is 2.18 bits per heavy atom. The third-order valence-electron chi connectivity index (χ3n) is 3.40. The second kappa shape index (κ2) is 6.39. The van der Waals surface area contributed by atoms with Crippen molar-refractivity contribution in [1.82, 2.24) is 0 Å². The molecule has 3 heteroatoms. The summed E-state index contributed by atoms with van der Waals surface area (Å²) in [5.41, 5.74) is -0.369. The number of aliphatic hydroxyl groups is 1. The maximum absolute atomic E-state index is 11.6. The Balaban J connectivity index is 2.17. The van der Waals surface area contributed by atoms with Crippen LogP contribution in [0.1, 0.15) is 59.3 Å². The Bertz CT molecular complexity index is 234. The molecule has 100 valence electrons. The van der Waals surface area contributed by atoms with Gasteiger partial charge in [-0.15, -0.1) is 0 Å². The molecule has 0 atom stereocenters. The Morgan fingerprint density at radius 1 is 1.18 bits per heavy atom. The fraction of sp³-hybridized carbons (Fsp3) is 0.929. The van der Waals surface area contributed by atoms with E-state index >= 15 is 0 Å². The van der Waals surface area contributed by atoms with Crippen molar-refractivity contribution in [2.24, 2.45) is 11.8 Å². The van der Waals surface area contributed by atoms with Crippen LogP contribution < -0.4 is 0 Å². The van der Waals surface area contributed by atoms with Crippen molar-refractivity contribution in [2.45, 2.75) is 64.9 Å². The van der Waals surface area contributed by atoms with Crippen LogP contribution in [-0.4, -0.2) is 23.3 Å². The molecular weight excluding hydrogens is 216 g/mol. The van der Waals surface area contributed by atoms with E-state index in [0.717, 1.165) is 32.1 Å². The van der Waals surface area contributed by atoms with Crippen LogP contribution >= 0.6 is 0 Å². The largest absolute Gasteiger partial charge is 0.460 e. The number of hydrogen-bond acceptors (Lipinski definition) is 3. The van der Waals surface area contributed by atoms with Crippen LogP contribution in [0.4, 0.5) is 0 Å². The lowest BCUT2D eigenvalue weighted by atomic mass is 9.80. The average molecular weight is 242 g/mol. The van der Waals surface area contributed by atoms with E-state index in [2.05, 4.69) is 0 Å². The van der Waals surface area contributed by atoms with Gasteiger partial charge in [0.25, 0.3) is 0 Å². The van der Waals surface area contributed by atoms with Gasteiger partial charge in [0.2, 0.25) is 0 Å². The normalized spacial score (nSPS) is 25.6. The predicted octanol–water partition coefficient (Wildman–Crippen LogP) is 2.91. The molecule has 17 heavy (non-hydrogen) atoms. The van der Waals surface area contributed by atoms with Crippen LogP contribution in [-0.2, 0) is 9.53 Å². The molecular formula is C14H26O3. The summed E-state index contributed by atoms with van der Waals surface area (Å²) in [4.78, 5) is 11.6. The third-order valence-corrected chi connectivity index (χ3v) is 3.40. The van der Waals surface area contributed by atoms with Gasteiger partial charge >= 0.3 is 5.97 Å². The Hall–Kier alpha value is -0.570. The first-order valence-electron chi connectivity index (χ1n) is 6.73. The smallest absolute Gasteiger partial charge is 0.306 e.